The normalized spacial score (nSPS) is 12.3. The molecule has 0 saturated carbocycles. The molecule has 5 nitrogen and oxygen atoms in total. The molecule has 0 spiro atoms. The van der Waals surface area contributed by atoms with Crippen LogP contribution in [0.1, 0.15) is 26.2 Å². The zero-order valence-corrected chi connectivity index (χ0v) is 11.9. The molecule has 0 aliphatic heterocycles. The van der Waals surface area contributed by atoms with Gasteiger partial charge in [0, 0.05) is 20.6 Å². The minimum atomic E-state index is -3.56. The molecule has 98 valence electrons. The van der Waals surface area contributed by atoms with E-state index in [1.807, 2.05) is 0 Å². The van der Waals surface area contributed by atoms with Gasteiger partial charge < -0.3 is 4.57 Å². The quantitative estimate of drug-likeness (QED) is 0.747. The van der Waals surface area contributed by atoms with Crippen molar-refractivity contribution in [3.63, 3.8) is 0 Å². The van der Waals surface area contributed by atoms with Crippen LogP contribution in [0.25, 0.3) is 0 Å². The highest BCUT2D eigenvalue weighted by molar-refractivity contribution is 7.89. The summed E-state index contributed by atoms with van der Waals surface area (Å²) >= 11 is 5.89. The summed E-state index contributed by atoms with van der Waals surface area (Å²) in [4.78, 5) is 3.84. The number of aromatic nitrogens is 2. The molecule has 1 aromatic rings. The Morgan fingerprint density at radius 2 is 2.12 bits per heavy atom. The Bertz CT molecular complexity index is 470. The van der Waals surface area contributed by atoms with Crippen molar-refractivity contribution in [3.05, 3.63) is 11.5 Å². The molecule has 1 heterocycles. The van der Waals surface area contributed by atoms with E-state index in [4.69, 9.17) is 11.6 Å². The lowest BCUT2D eigenvalue weighted by Gasteiger charge is -2.15. The smallest absolute Gasteiger partial charge is 0.263 e. The van der Waals surface area contributed by atoms with Gasteiger partial charge in [-0.15, -0.1) is 0 Å². The maximum absolute atomic E-state index is 12.1. The van der Waals surface area contributed by atoms with E-state index in [9.17, 15) is 8.42 Å². The number of hydrogen-bond acceptors (Lipinski definition) is 3. The van der Waals surface area contributed by atoms with Crippen LogP contribution in [0.3, 0.4) is 0 Å². The van der Waals surface area contributed by atoms with Crippen LogP contribution in [0, 0.1) is 0 Å². The summed E-state index contributed by atoms with van der Waals surface area (Å²) in [6, 6.07) is 0. The number of sulfonamides is 1. The molecular formula is C10H18ClN3O2S. The summed E-state index contributed by atoms with van der Waals surface area (Å²) in [5, 5.41) is 0.0769. The molecule has 0 amide bonds. The van der Waals surface area contributed by atoms with Gasteiger partial charge in [-0.1, -0.05) is 31.4 Å². The van der Waals surface area contributed by atoms with Gasteiger partial charge in [-0.25, -0.2) is 13.4 Å². The molecule has 0 radical (unpaired) electrons. The SMILES string of the molecule is CCCCCN(C)S(=O)(=O)c1ncn(C)c1Cl. The third kappa shape index (κ3) is 3.20. The minimum absolute atomic E-state index is 0.0688. The lowest BCUT2D eigenvalue weighted by molar-refractivity contribution is 0.452. The third-order valence-corrected chi connectivity index (χ3v) is 4.91. The van der Waals surface area contributed by atoms with Crippen molar-refractivity contribution in [2.45, 2.75) is 31.2 Å². The first-order valence-electron chi connectivity index (χ1n) is 5.54. The second kappa shape index (κ2) is 5.84. The van der Waals surface area contributed by atoms with E-state index in [0.717, 1.165) is 19.3 Å². The minimum Gasteiger partial charge on any atom is -0.324 e. The Hall–Kier alpha value is -0.590. The predicted octanol–water partition coefficient (Wildman–Crippen LogP) is 1.88. The summed E-state index contributed by atoms with van der Waals surface area (Å²) in [5.41, 5.74) is 0. The summed E-state index contributed by atoms with van der Waals surface area (Å²) in [6.07, 6.45) is 4.31. The maximum atomic E-state index is 12.1. The van der Waals surface area contributed by atoms with Gasteiger partial charge in [0.2, 0.25) is 5.03 Å². The highest BCUT2D eigenvalue weighted by Gasteiger charge is 2.26. The molecular weight excluding hydrogens is 262 g/mol. The van der Waals surface area contributed by atoms with Gasteiger partial charge in [-0.3, -0.25) is 0 Å². The second-order valence-corrected chi connectivity index (χ2v) is 6.30. The first-order valence-corrected chi connectivity index (χ1v) is 7.36. The van der Waals surface area contributed by atoms with Crippen LogP contribution in [0.4, 0.5) is 0 Å². The Kier molecular flexibility index (Phi) is 4.97. The Labute approximate surface area is 107 Å². The fraction of sp³-hybridized carbons (Fsp3) is 0.700. The van der Waals surface area contributed by atoms with E-state index in [0.29, 0.717) is 6.54 Å². The van der Waals surface area contributed by atoms with Gasteiger partial charge in [0.15, 0.2) is 0 Å². The first-order chi connectivity index (χ1) is 7.91. The molecule has 0 aromatic carbocycles. The van der Waals surface area contributed by atoms with Crippen LogP contribution in [-0.4, -0.2) is 35.9 Å². The number of hydrogen-bond donors (Lipinski definition) is 0. The Morgan fingerprint density at radius 1 is 1.47 bits per heavy atom. The first kappa shape index (κ1) is 14.5. The summed E-state index contributed by atoms with van der Waals surface area (Å²) in [7, 11) is -0.350. The van der Waals surface area contributed by atoms with E-state index >= 15 is 0 Å². The zero-order chi connectivity index (χ0) is 13.1. The number of rotatable bonds is 6. The Balaban J connectivity index is 2.84. The van der Waals surface area contributed by atoms with Crippen molar-refractivity contribution >= 4 is 21.6 Å². The molecule has 0 N–H and O–H groups in total. The number of unbranched alkanes of at least 4 members (excludes halogenated alkanes) is 2. The number of halogens is 1. The third-order valence-electron chi connectivity index (χ3n) is 2.57. The van der Waals surface area contributed by atoms with E-state index in [-0.39, 0.29) is 10.2 Å². The number of imidazole rings is 1. The molecule has 0 fully saturated rings. The highest BCUT2D eigenvalue weighted by atomic mass is 35.5. The summed E-state index contributed by atoms with van der Waals surface area (Å²) in [6.45, 7) is 2.56. The van der Waals surface area contributed by atoms with Crippen LogP contribution in [0.15, 0.2) is 11.4 Å². The van der Waals surface area contributed by atoms with Crippen molar-refractivity contribution in [1.82, 2.24) is 13.9 Å². The lowest BCUT2D eigenvalue weighted by atomic mass is 10.2. The van der Waals surface area contributed by atoms with Crippen molar-refractivity contribution in [1.29, 1.82) is 0 Å². The molecule has 0 unspecified atom stereocenters. The topological polar surface area (TPSA) is 55.2 Å². The van der Waals surface area contributed by atoms with E-state index in [1.165, 1.54) is 15.2 Å². The van der Waals surface area contributed by atoms with Crippen LogP contribution in [0.5, 0.6) is 0 Å². The summed E-state index contributed by atoms with van der Waals surface area (Å²) < 4.78 is 27.0. The van der Waals surface area contributed by atoms with Crippen molar-refractivity contribution in [3.8, 4) is 0 Å². The molecule has 0 aliphatic carbocycles. The van der Waals surface area contributed by atoms with Gasteiger partial charge in [0.1, 0.15) is 5.15 Å². The largest absolute Gasteiger partial charge is 0.324 e. The molecule has 0 atom stereocenters. The molecule has 7 heteroatoms. The van der Waals surface area contributed by atoms with Crippen molar-refractivity contribution in [2.24, 2.45) is 7.05 Å². The fourth-order valence-corrected chi connectivity index (χ4v) is 3.01. The number of nitrogens with zero attached hydrogens (tertiary/aromatic N) is 3. The van der Waals surface area contributed by atoms with Gasteiger partial charge in [-0.2, -0.15) is 4.31 Å². The van der Waals surface area contributed by atoms with Crippen LogP contribution in [-0.2, 0) is 17.1 Å². The predicted molar refractivity (Wildman–Crippen MR) is 67.6 cm³/mol. The maximum Gasteiger partial charge on any atom is 0.263 e. The molecule has 0 saturated heterocycles. The second-order valence-electron chi connectivity index (χ2n) is 3.99. The fourth-order valence-electron chi connectivity index (χ4n) is 1.42. The van der Waals surface area contributed by atoms with Crippen molar-refractivity contribution in [2.75, 3.05) is 13.6 Å². The van der Waals surface area contributed by atoms with Crippen LogP contribution in [0.2, 0.25) is 5.15 Å². The van der Waals surface area contributed by atoms with Gasteiger partial charge in [0.25, 0.3) is 10.0 Å². The van der Waals surface area contributed by atoms with E-state index in [2.05, 4.69) is 11.9 Å². The lowest BCUT2D eigenvalue weighted by Crippen LogP contribution is -2.28. The van der Waals surface area contributed by atoms with Crippen LogP contribution >= 0.6 is 11.6 Å². The molecule has 0 aliphatic rings. The van der Waals surface area contributed by atoms with Crippen molar-refractivity contribution < 1.29 is 8.42 Å². The molecule has 0 bridgehead atoms. The highest BCUT2D eigenvalue weighted by Crippen LogP contribution is 2.21. The molecule has 1 aromatic heterocycles. The van der Waals surface area contributed by atoms with Gasteiger partial charge in [-0.05, 0) is 6.42 Å². The van der Waals surface area contributed by atoms with Crippen LogP contribution < -0.4 is 0 Å². The number of aryl methyl sites for hydroxylation is 1. The van der Waals surface area contributed by atoms with Gasteiger partial charge in [0.05, 0.1) is 6.33 Å². The van der Waals surface area contributed by atoms with Gasteiger partial charge >= 0.3 is 0 Å². The van der Waals surface area contributed by atoms with E-state index < -0.39 is 10.0 Å². The monoisotopic (exact) mass is 279 g/mol. The standard InChI is InChI=1S/C10H18ClN3O2S/c1-4-5-6-7-14(3)17(15,16)10-9(11)13(2)8-12-10/h8H,4-7H2,1-3H3. The Morgan fingerprint density at radius 3 is 2.59 bits per heavy atom. The summed E-state index contributed by atoms with van der Waals surface area (Å²) in [5.74, 6) is 0. The average Bonchev–Trinajstić information content (AvgIpc) is 2.60. The molecule has 1 rings (SSSR count). The zero-order valence-electron chi connectivity index (χ0n) is 10.4. The molecule has 17 heavy (non-hydrogen) atoms. The van der Waals surface area contributed by atoms with E-state index in [1.54, 1.807) is 14.1 Å². The average molecular weight is 280 g/mol.